The van der Waals surface area contributed by atoms with Crippen molar-refractivity contribution >= 4 is 44.2 Å². The van der Waals surface area contributed by atoms with Gasteiger partial charge in [0.15, 0.2) is 0 Å². The summed E-state index contributed by atoms with van der Waals surface area (Å²) >= 11 is 5.22. The van der Waals surface area contributed by atoms with Gasteiger partial charge >= 0.3 is 0 Å². The molecule has 0 aliphatic heterocycles. The molecule has 0 aliphatic rings. The molecule has 6 heteroatoms. The van der Waals surface area contributed by atoms with Crippen LogP contribution in [0, 0.1) is 25.0 Å². The van der Waals surface area contributed by atoms with E-state index in [0.29, 0.717) is 10.9 Å². The molecule has 0 heterocycles. The Hall–Kier alpha value is -0.680. The number of nitro groups is 1. The molecule has 0 saturated carbocycles. The molecular formula is C8H4BrIN2O2. The third-order valence-electron chi connectivity index (χ3n) is 1.65. The van der Waals surface area contributed by atoms with Crippen LogP contribution in [-0.2, 0) is 5.33 Å². The number of nitro benzene ring substituents is 1. The van der Waals surface area contributed by atoms with E-state index in [1.54, 1.807) is 0 Å². The lowest BCUT2D eigenvalue weighted by Gasteiger charge is -2.02. The van der Waals surface area contributed by atoms with Gasteiger partial charge in [-0.15, -0.1) is 0 Å². The number of nitrogens with zero attached hydrogens (tertiary/aromatic N) is 2. The maximum Gasteiger partial charge on any atom is 0.271 e. The van der Waals surface area contributed by atoms with E-state index in [1.807, 2.05) is 28.7 Å². The Labute approximate surface area is 102 Å². The molecule has 0 atom stereocenters. The van der Waals surface area contributed by atoms with Crippen LogP contribution in [0.3, 0.4) is 0 Å². The Morgan fingerprint density at radius 1 is 1.64 bits per heavy atom. The minimum absolute atomic E-state index is 0.0457. The first-order valence-electron chi connectivity index (χ1n) is 3.53. The van der Waals surface area contributed by atoms with E-state index in [4.69, 9.17) is 5.26 Å². The molecule has 1 aromatic carbocycles. The number of nitriles is 1. The van der Waals surface area contributed by atoms with Gasteiger partial charge in [-0.05, 0) is 28.2 Å². The molecule has 0 spiro atoms. The molecule has 0 radical (unpaired) electrons. The molecule has 1 aromatic rings. The molecule has 0 N–H and O–H groups in total. The fraction of sp³-hybridized carbons (Fsp3) is 0.125. The van der Waals surface area contributed by atoms with Gasteiger partial charge in [-0.3, -0.25) is 10.1 Å². The van der Waals surface area contributed by atoms with Crippen LogP contribution in [0.1, 0.15) is 11.1 Å². The molecular weight excluding hydrogens is 363 g/mol. The summed E-state index contributed by atoms with van der Waals surface area (Å²) < 4.78 is 0.727. The lowest BCUT2D eigenvalue weighted by Crippen LogP contribution is -1.95. The van der Waals surface area contributed by atoms with E-state index in [0.717, 1.165) is 9.13 Å². The fourth-order valence-corrected chi connectivity index (χ4v) is 2.89. The van der Waals surface area contributed by atoms with Crippen LogP contribution < -0.4 is 0 Å². The van der Waals surface area contributed by atoms with E-state index in [1.165, 1.54) is 12.1 Å². The minimum Gasteiger partial charge on any atom is -0.258 e. The van der Waals surface area contributed by atoms with E-state index < -0.39 is 4.92 Å². The van der Waals surface area contributed by atoms with Crippen LogP contribution in [0.2, 0.25) is 0 Å². The highest BCUT2D eigenvalue weighted by atomic mass is 127. The van der Waals surface area contributed by atoms with Crippen molar-refractivity contribution in [1.82, 2.24) is 0 Å². The number of hydrogen-bond donors (Lipinski definition) is 0. The minimum atomic E-state index is -0.499. The van der Waals surface area contributed by atoms with Crippen molar-refractivity contribution in [1.29, 1.82) is 5.26 Å². The maximum atomic E-state index is 10.5. The second kappa shape index (κ2) is 4.70. The highest BCUT2D eigenvalue weighted by molar-refractivity contribution is 14.1. The van der Waals surface area contributed by atoms with Gasteiger partial charge in [-0.1, -0.05) is 15.9 Å². The van der Waals surface area contributed by atoms with E-state index >= 15 is 0 Å². The SMILES string of the molecule is N#Cc1cc([N+](=O)[O-])cc(I)c1CBr. The number of benzene rings is 1. The molecule has 0 bridgehead atoms. The number of alkyl halides is 1. The zero-order chi connectivity index (χ0) is 10.7. The summed E-state index contributed by atoms with van der Waals surface area (Å²) in [7, 11) is 0. The van der Waals surface area contributed by atoms with Gasteiger partial charge in [0.2, 0.25) is 0 Å². The zero-order valence-corrected chi connectivity index (χ0v) is 10.6. The fourth-order valence-electron chi connectivity index (χ4n) is 0.963. The summed E-state index contributed by atoms with van der Waals surface area (Å²) in [6, 6.07) is 4.69. The summed E-state index contributed by atoms with van der Waals surface area (Å²) in [4.78, 5) is 10.0. The van der Waals surface area contributed by atoms with E-state index in [9.17, 15) is 10.1 Å². The van der Waals surface area contributed by atoms with Crippen LogP contribution in [0.5, 0.6) is 0 Å². The van der Waals surface area contributed by atoms with Crippen molar-refractivity contribution in [2.24, 2.45) is 0 Å². The topological polar surface area (TPSA) is 66.9 Å². The standard InChI is InChI=1S/C8H4BrIN2O2/c9-3-7-5(4-11)1-6(12(13)14)2-8(7)10/h1-2H,3H2. The quantitative estimate of drug-likeness (QED) is 0.350. The molecule has 72 valence electrons. The smallest absolute Gasteiger partial charge is 0.258 e. The van der Waals surface area contributed by atoms with Gasteiger partial charge in [0.1, 0.15) is 0 Å². The molecule has 1 rings (SSSR count). The van der Waals surface area contributed by atoms with Crippen LogP contribution in [0.15, 0.2) is 12.1 Å². The lowest BCUT2D eigenvalue weighted by molar-refractivity contribution is -0.385. The summed E-state index contributed by atoms with van der Waals surface area (Å²) in [5.74, 6) is 0. The first-order chi connectivity index (χ1) is 6.60. The Bertz CT molecular complexity index is 428. The average molecular weight is 367 g/mol. The largest absolute Gasteiger partial charge is 0.271 e. The summed E-state index contributed by atoms with van der Waals surface area (Å²) in [6.45, 7) is 0. The lowest BCUT2D eigenvalue weighted by atomic mass is 10.1. The van der Waals surface area contributed by atoms with Gasteiger partial charge in [0.25, 0.3) is 5.69 Å². The van der Waals surface area contributed by atoms with Crippen molar-refractivity contribution < 1.29 is 4.92 Å². The van der Waals surface area contributed by atoms with E-state index in [-0.39, 0.29) is 5.69 Å². The number of halogens is 2. The first kappa shape index (κ1) is 11.4. The number of rotatable bonds is 2. The zero-order valence-electron chi connectivity index (χ0n) is 6.83. The van der Waals surface area contributed by atoms with Crippen LogP contribution in [0.25, 0.3) is 0 Å². The first-order valence-corrected chi connectivity index (χ1v) is 5.73. The molecule has 4 nitrogen and oxygen atoms in total. The van der Waals surface area contributed by atoms with Gasteiger partial charge in [-0.2, -0.15) is 5.26 Å². The molecule has 0 aliphatic carbocycles. The summed E-state index contributed by atoms with van der Waals surface area (Å²) in [5, 5.41) is 19.8. The van der Waals surface area contributed by atoms with E-state index in [2.05, 4.69) is 15.9 Å². The van der Waals surface area contributed by atoms with Crippen molar-refractivity contribution in [2.75, 3.05) is 0 Å². The molecule has 0 amide bonds. The van der Waals surface area contributed by atoms with Crippen molar-refractivity contribution in [3.05, 3.63) is 36.9 Å². The Morgan fingerprint density at radius 2 is 2.29 bits per heavy atom. The third-order valence-corrected chi connectivity index (χ3v) is 3.17. The van der Waals surface area contributed by atoms with Gasteiger partial charge < -0.3 is 0 Å². The monoisotopic (exact) mass is 366 g/mol. The number of non-ortho nitro benzene ring substituents is 1. The Balaban J connectivity index is 3.41. The Kier molecular flexibility index (Phi) is 3.83. The number of hydrogen-bond acceptors (Lipinski definition) is 3. The van der Waals surface area contributed by atoms with Crippen LogP contribution >= 0.6 is 38.5 Å². The second-order valence-corrected chi connectivity index (χ2v) is 4.18. The predicted molar refractivity (Wildman–Crippen MR) is 63.2 cm³/mol. The van der Waals surface area contributed by atoms with Crippen molar-refractivity contribution in [2.45, 2.75) is 5.33 Å². The van der Waals surface area contributed by atoms with Gasteiger partial charge in [0.05, 0.1) is 16.6 Å². The third kappa shape index (κ3) is 2.22. The highest BCUT2D eigenvalue weighted by Crippen LogP contribution is 2.25. The predicted octanol–water partition coefficient (Wildman–Crippen LogP) is 2.97. The highest BCUT2D eigenvalue weighted by Gasteiger charge is 2.13. The Morgan fingerprint density at radius 3 is 2.71 bits per heavy atom. The second-order valence-electron chi connectivity index (χ2n) is 2.46. The van der Waals surface area contributed by atoms with Crippen LogP contribution in [0.4, 0.5) is 5.69 Å². The van der Waals surface area contributed by atoms with Crippen LogP contribution in [-0.4, -0.2) is 4.92 Å². The molecule has 0 unspecified atom stereocenters. The summed E-state index contributed by atoms with van der Waals surface area (Å²) in [6.07, 6.45) is 0. The van der Waals surface area contributed by atoms with Crippen molar-refractivity contribution in [3.8, 4) is 6.07 Å². The normalized spacial score (nSPS) is 9.50. The molecule has 0 aromatic heterocycles. The van der Waals surface area contributed by atoms with Gasteiger partial charge in [0, 0.05) is 21.0 Å². The van der Waals surface area contributed by atoms with Crippen molar-refractivity contribution in [3.63, 3.8) is 0 Å². The van der Waals surface area contributed by atoms with Gasteiger partial charge in [-0.25, -0.2) is 0 Å². The maximum absolute atomic E-state index is 10.5. The molecule has 0 saturated heterocycles. The molecule has 0 fully saturated rings. The summed E-state index contributed by atoms with van der Waals surface area (Å²) in [5.41, 5.74) is 1.09. The molecule has 14 heavy (non-hydrogen) atoms. The average Bonchev–Trinajstić information content (AvgIpc) is 2.16.